The number of hydrogen-bond donors (Lipinski definition) is 2. The smallest absolute Gasteiger partial charge is 0.355 e. The van der Waals surface area contributed by atoms with E-state index in [1.165, 1.54) is 66.6 Å². The van der Waals surface area contributed by atoms with E-state index >= 15 is 0 Å². The van der Waals surface area contributed by atoms with Gasteiger partial charge in [-0.15, -0.1) is 0 Å². The Morgan fingerprint density at radius 3 is 0.780 bits per heavy atom. The number of allylic oxidation sites excluding steroid dienone is 4. The summed E-state index contributed by atoms with van der Waals surface area (Å²) in [5, 5.41) is 0. The number of fused-ring (bicyclic) bond motifs is 8. The van der Waals surface area contributed by atoms with Crippen molar-refractivity contribution in [3.05, 3.63) is 69.3 Å². The maximum Gasteiger partial charge on any atom is 2.00 e. The largest absolute Gasteiger partial charge is 2.00 e. The summed E-state index contributed by atoms with van der Waals surface area (Å²) in [6, 6.07) is 9.24. The molecule has 2 N–H and O–H groups in total. The average Bonchev–Trinajstić information content (AvgIpc) is 3.67. The minimum Gasteiger partial charge on any atom is -0.355 e. The van der Waals surface area contributed by atoms with Gasteiger partial charge in [0.05, 0.1) is 22.8 Å². The Bertz CT molecular complexity index is 1440. The Labute approximate surface area is 259 Å². The van der Waals surface area contributed by atoms with E-state index < -0.39 is 0 Å². The number of aromatic amines is 2. The van der Waals surface area contributed by atoms with Gasteiger partial charge in [-0.3, -0.25) is 0 Å². The first kappa shape index (κ1) is 31.2. The molecular formula is C36H46N4Zn+2. The molecule has 0 fully saturated rings. The van der Waals surface area contributed by atoms with Crippen LogP contribution >= 0.6 is 0 Å². The van der Waals surface area contributed by atoms with Gasteiger partial charge < -0.3 is 9.97 Å². The van der Waals surface area contributed by atoms with Crippen LogP contribution in [-0.2, 0) is 45.2 Å². The van der Waals surface area contributed by atoms with Crippen molar-refractivity contribution >= 4 is 44.4 Å². The van der Waals surface area contributed by atoms with Crippen LogP contribution in [0.25, 0.3) is 44.4 Å². The number of rotatable bonds is 8. The summed E-state index contributed by atoms with van der Waals surface area (Å²) in [6.45, 7) is 18.1. The third-order valence-electron chi connectivity index (χ3n) is 8.97. The quantitative estimate of drug-likeness (QED) is 0.253. The molecule has 0 aromatic carbocycles. The van der Waals surface area contributed by atoms with Crippen molar-refractivity contribution in [1.29, 1.82) is 0 Å². The summed E-state index contributed by atoms with van der Waals surface area (Å²) in [7, 11) is 0. The third-order valence-corrected chi connectivity index (χ3v) is 8.97. The van der Waals surface area contributed by atoms with E-state index in [1.54, 1.807) is 0 Å². The van der Waals surface area contributed by atoms with Crippen LogP contribution < -0.4 is 0 Å². The van der Waals surface area contributed by atoms with E-state index in [4.69, 9.17) is 9.97 Å². The second-order valence-electron chi connectivity index (χ2n) is 10.9. The monoisotopic (exact) mass is 598 g/mol. The molecule has 0 aliphatic carbocycles. The Balaban J connectivity index is 0.00000387. The maximum absolute atomic E-state index is 5.29. The second kappa shape index (κ2) is 13.0. The molecule has 0 saturated carbocycles. The van der Waals surface area contributed by atoms with Gasteiger partial charge in [-0.2, -0.15) is 0 Å². The Morgan fingerprint density at radius 1 is 0.390 bits per heavy atom. The normalized spacial score (nSPS) is 13.3. The van der Waals surface area contributed by atoms with Crippen LogP contribution in [0, 0.1) is 0 Å². The molecular weight excluding hydrogens is 554 g/mol. The van der Waals surface area contributed by atoms with Gasteiger partial charge >= 0.3 is 19.5 Å². The summed E-state index contributed by atoms with van der Waals surface area (Å²) in [5.41, 5.74) is 20.2. The van der Waals surface area contributed by atoms with Crippen LogP contribution in [0.4, 0.5) is 0 Å². The van der Waals surface area contributed by atoms with Crippen molar-refractivity contribution in [3.8, 4) is 0 Å². The first-order valence-electron chi connectivity index (χ1n) is 15.7. The maximum atomic E-state index is 5.29. The van der Waals surface area contributed by atoms with Crippen LogP contribution in [0.2, 0.25) is 0 Å². The van der Waals surface area contributed by atoms with Crippen LogP contribution in [0.15, 0.2) is 24.3 Å². The molecule has 5 rings (SSSR count). The molecule has 4 nitrogen and oxygen atoms in total. The van der Waals surface area contributed by atoms with E-state index in [9.17, 15) is 0 Å². The molecule has 5 heterocycles. The van der Waals surface area contributed by atoms with Gasteiger partial charge in [0.25, 0.3) is 0 Å². The SMILES string of the molecule is CCC1=C(CC)c2cc3[nH]c(cc4nc(cc5[nH]c(cc1n2)c(CC)c5CC)C(CC)=C4CC)c(CC)c3CC.[Zn+2]. The summed E-state index contributed by atoms with van der Waals surface area (Å²) in [4.78, 5) is 18.2. The van der Waals surface area contributed by atoms with Crippen molar-refractivity contribution < 1.29 is 19.5 Å². The van der Waals surface area contributed by atoms with Crippen LogP contribution in [0.1, 0.15) is 126 Å². The molecule has 0 atom stereocenters. The van der Waals surface area contributed by atoms with Crippen molar-refractivity contribution in [2.45, 2.75) is 107 Å². The average molecular weight is 600 g/mol. The fourth-order valence-electron chi connectivity index (χ4n) is 7.10. The van der Waals surface area contributed by atoms with E-state index in [2.05, 4.69) is 89.6 Å². The fourth-order valence-corrected chi connectivity index (χ4v) is 7.10. The first-order chi connectivity index (χ1) is 19.5. The standard InChI is InChI=1S/C36H46N4.Zn/c1-9-21-22(10-2)30-18-32-25(13-5)26(14-6)34(39-32)20-36-28(16-8)27(15-7)35(40-36)19-33-24(12-4)23(11-3)31(38-33)17-29(21)37-30;/h17-20,37,40H,9-16H2,1-8H3;/q;+2. The number of nitrogens with one attached hydrogen (secondary N) is 2. The predicted octanol–water partition coefficient (Wildman–Crippen LogP) is 10.0. The van der Waals surface area contributed by atoms with Gasteiger partial charge in [0.1, 0.15) is 0 Å². The molecule has 0 radical (unpaired) electrons. The van der Waals surface area contributed by atoms with Crippen molar-refractivity contribution in [1.82, 2.24) is 19.9 Å². The van der Waals surface area contributed by atoms with Crippen molar-refractivity contribution in [2.24, 2.45) is 0 Å². The van der Waals surface area contributed by atoms with Gasteiger partial charge in [-0.05, 0) is 120 Å². The van der Waals surface area contributed by atoms with Gasteiger partial charge in [0.15, 0.2) is 0 Å². The van der Waals surface area contributed by atoms with Crippen molar-refractivity contribution in [3.63, 3.8) is 0 Å². The molecule has 2 aliphatic rings. The van der Waals surface area contributed by atoms with E-state index in [0.717, 1.165) is 74.1 Å². The first-order valence-corrected chi connectivity index (χ1v) is 15.7. The van der Waals surface area contributed by atoms with Gasteiger partial charge in [-0.1, -0.05) is 55.4 Å². The second-order valence-corrected chi connectivity index (χ2v) is 10.9. The molecule has 0 amide bonds. The number of H-pyrrole nitrogens is 2. The third kappa shape index (κ3) is 5.31. The molecule has 210 valence electrons. The molecule has 2 aliphatic heterocycles. The Morgan fingerprint density at radius 2 is 0.610 bits per heavy atom. The molecule has 8 bridgehead atoms. The molecule has 0 unspecified atom stereocenters. The molecule has 5 heteroatoms. The number of nitrogens with zero attached hydrogens (tertiary/aromatic N) is 2. The Hall–Kier alpha value is -2.78. The van der Waals surface area contributed by atoms with E-state index in [-0.39, 0.29) is 19.5 Å². The van der Waals surface area contributed by atoms with Gasteiger partial charge in [0.2, 0.25) is 0 Å². The van der Waals surface area contributed by atoms with Crippen LogP contribution in [-0.4, -0.2) is 19.9 Å². The molecule has 3 aromatic rings. The molecule has 0 saturated heterocycles. The Kier molecular flexibility index (Phi) is 9.90. The zero-order valence-corrected chi connectivity index (χ0v) is 29.5. The predicted molar refractivity (Wildman–Crippen MR) is 173 cm³/mol. The van der Waals surface area contributed by atoms with Crippen molar-refractivity contribution in [2.75, 3.05) is 0 Å². The van der Waals surface area contributed by atoms with Crippen LogP contribution in [0.5, 0.6) is 0 Å². The van der Waals surface area contributed by atoms with Gasteiger partial charge in [0, 0.05) is 22.1 Å². The minimum atomic E-state index is 0. The number of aromatic nitrogens is 4. The van der Waals surface area contributed by atoms with E-state index in [0.29, 0.717) is 0 Å². The zero-order chi connectivity index (χ0) is 28.6. The zero-order valence-electron chi connectivity index (χ0n) is 26.6. The summed E-state index contributed by atoms with van der Waals surface area (Å²) < 4.78 is 0. The fraction of sp³-hybridized carbons (Fsp3) is 0.444. The molecule has 3 aromatic heterocycles. The summed E-state index contributed by atoms with van der Waals surface area (Å²) in [6.07, 6.45) is 7.84. The summed E-state index contributed by atoms with van der Waals surface area (Å²) >= 11 is 0. The minimum absolute atomic E-state index is 0. The van der Waals surface area contributed by atoms with Gasteiger partial charge in [-0.25, -0.2) is 9.97 Å². The number of aryl methyl sites for hydroxylation is 4. The summed E-state index contributed by atoms with van der Waals surface area (Å²) in [5.74, 6) is 0. The topological polar surface area (TPSA) is 57.4 Å². The van der Waals surface area contributed by atoms with Crippen LogP contribution in [0.3, 0.4) is 0 Å². The van der Waals surface area contributed by atoms with E-state index in [1.807, 2.05) is 0 Å². The number of hydrogen-bond acceptors (Lipinski definition) is 2. The molecule has 0 spiro atoms. The molecule has 41 heavy (non-hydrogen) atoms.